The molecule has 14 heteroatoms. The smallest absolute Gasteiger partial charge is 0.397 e. The van der Waals surface area contributed by atoms with Gasteiger partial charge in [0.15, 0.2) is 5.03 Å². The maximum atomic E-state index is 12.8. The summed E-state index contributed by atoms with van der Waals surface area (Å²) in [6.45, 7) is 0. The van der Waals surface area contributed by atoms with Gasteiger partial charge in [-0.2, -0.15) is 0 Å². The van der Waals surface area contributed by atoms with Crippen molar-refractivity contribution in [3.8, 4) is 5.75 Å². The van der Waals surface area contributed by atoms with Crippen molar-refractivity contribution < 1.29 is 40.0 Å². The molecule has 0 radical (unpaired) electrons. The number of nitrogens with zero attached hydrogens (tertiary/aromatic N) is 2. The number of nitro groups is 1. The van der Waals surface area contributed by atoms with Crippen LogP contribution >= 0.6 is 0 Å². The minimum Gasteiger partial charge on any atom is -0.397 e. The fraction of sp³-hybridized carbons (Fsp3) is 0.286. The van der Waals surface area contributed by atoms with Crippen LogP contribution in [-0.2, 0) is 10.0 Å². The fourth-order valence-corrected chi connectivity index (χ4v) is 1.98. The maximum absolute atomic E-state index is 12.8. The summed E-state index contributed by atoms with van der Waals surface area (Å²) in [6, 6.07) is 0. The lowest BCUT2D eigenvalue weighted by atomic mass is 10.2. The zero-order valence-corrected chi connectivity index (χ0v) is 10.3. The predicted octanol–water partition coefficient (Wildman–Crippen LogP) is 1.47. The van der Waals surface area contributed by atoms with Crippen LogP contribution in [0.5, 0.6) is 5.75 Å². The first-order valence-electron chi connectivity index (χ1n) is 4.58. The van der Waals surface area contributed by atoms with E-state index >= 15 is 0 Å². The van der Waals surface area contributed by atoms with Crippen molar-refractivity contribution >= 4 is 15.7 Å². The molecule has 0 aromatic carbocycles. The number of hydrogen-bond donors (Lipinski definition) is 1. The second kappa shape index (κ2) is 5.36. The van der Waals surface area contributed by atoms with E-state index in [2.05, 4.69) is 14.9 Å². The Labute approximate surface area is 112 Å². The average molecular weight is 337 g/mol. The Balaban J connectivity index is 3.74. The van der Waals surface area contributed by atoms with Crippen LogP contribution in [0.4, 0.5) is 27.6 Å². The molecule has 0 bridgehead atoms. The van der Waals surface area contributed by atoms with Gasteiger partial charge in [-0.25, -0.2) is 27.3 Å². The van der Waals surface area contributed by atoms with Crippen molar-refractivity contribution in [2.45, 2.75) is 17.8 Å². The van der Waals surface area contributed by atoms with E-state index in [0.717, 1.165) is 0 Å². The van der Waals surface area contributed by atoms with Gasteiger partial charge in [0, 0.05) is 0 Å². The highest BCUT2D eigenvalue weighted by Gasteiger charge is 2.40. The van der Waals surface area contributed by atoms with Crippen LogP contribution in [0.3, 0.4) is 0 Å². The molecule has 0 atom stereocenters. The molecule has 118 valence electrons. The standard InChI is InChI=1S/C7H4F5N3O5S/c8-5(9)3-4(15(16)17)2(20-7(10,11)12)1-14-6(3)21(13,18)19/h1,5H,(H2,13,18,19). The number of sulfonamides is 1. The first-order valence-corrected chi connectivity index (χ1v) is 6.13. The molecule has 0 saturated carbocycles. The summed E-state index contributed by atoms with van der Waals surface area (Å²) in [7, 11) is -4.93. The Bertz CT molecular complexity index is 674. The van der Waals surface area contributed by atoms with Gasteiger partial charge in [0.05, 0.1) is 11.1 Å². The molecule has 0 aliphatic carbocycles. The van der Waals surface area contributed by atoms with Crippen LogP contribution in [-0.4, -0.2) is 24.7 Å². The largest absolute Gasteiger partial charge is 0.573 e. The molecular weight excluding hydrogens is 333 g/mol. The van der Waals surface area contributed by atoms with Gasteiger partial charge in [-0.3, -0.25) is 10.1 Å². The lowest BCUT2D eigenvalue weighted by Gasteiger charge is -2.12. The van der Waals surface area contributed by atoms with E-state index in [1.807, 2.05) is 0 Å². The van der Waals surface area contributed by atoms with Crippen LogP contribution in [0.25, 0.3) is 0 Å². The lowest BCUT2D eigenvalue weighted by molar-refractivity contribution is -0.390. The summed E-state index contributed by atoms with van der Waals surface area (Å²) in [6.07, 6.45) is -9.30. The van der Waals surface area contributed by atoms with E-state index in [0.29, 0.717) is 0 Å². The molecule has 0 aliphatic heterocycles. The Morgan fingerprint density at radius 1 is 1.38 bits per heavy atom. The third kappa shape index (κ3) is 3.94. The summed E-state index contributed by atoms with van der Waals surface area (Å²) < 4.78 is 87.0. The summed E-state index contributed by atoms with van der Waals surface area (Å²) >= 11 is 0. The molecule has 0 aliphatic rings. The second-order valence-corrected chi connectivity index (χ2v) is 4.82. The number of primary sulfonamides is 1. The monoisotopic (exact) mass is 337 g/mol. The molecule has 0 saturated heterocycles. The Kier molecular flexibility index (Phi) is 4.33. The zero-order valence-electron chi connectivity index (χ0n) is 9.47. The fourth-order valence-electron chi connectivity index (χ4n) is 1.29. The third-order valence-corrected chi connectivity index (χ3v) is 2.78. The molecule has 0 unspecified atom stereocenters. The number of ether oxygens (including phenoxy) is 1. The minimum atomic E-state index is -5.44. The maximum Gasteiger partial charge on any atom is 0.573 e. The lowest BCUT2D eigenvalue weighted by Crippen LogP contribution is -2.21. The Morgan fingerprint density at radius 3 is 2.24 bits per heavy atom. The van der Waals surface area contributed by atoms with Crippen molar-refractivity contribution in [3.63, 3.8) is 0 Å². The Hall–Kier alpha value is -2.09. The van der Waals surface area contributed by atoms with Gasteiger partial charge in [-0.15, -0.1) is 13.2 Å². The summed E-state index contributed by atoms with van der Waals surface area (Å²) in [5, 5.41) is 13.6. The highest BCUT2D eigenvalue weighted by atomic mass is 32.2. The molecule has 8 nitrogen and oxygen atoms in total. The predicted molar refractivity (Wildman–Crippen MR) is 53.9 cm³/mol. The first-order chi connectivity index (χ1) is 9.34. The van der Waals surface area contributed by atoms with Gasteiger partial charge in [-0.05, 0) is 0 Å². The molecule has 1 heterocycles. The van der Waals surface area contributed by atoms with Crippen LogP contribution in [0.15, 0.2) is 11.2 Å². The number of alkyl halides is 5. The van der Waals surface area contributed by atoms with Gasteiger partial charge < -0.3 is 4.74 Å². The van der Waals surface area contributed by atoms with Crippen molar-refractivity contribution in [1.82, 2.24) is 4.98 Å². The van der Waals surface area contributed by atoms with E-state index in [1.54, 1.807) is 0 Å². The van der Waals surface area contributed by atoms with E-state index in [1.165, 1.54) is 0 Å². The average Bonchev–Trinajstić information content (AvgIpc) is 2.23. The van der Waals surface area contributed by atoms with Gasteiger partial charge >= 0.3 is 12.0 Å². The van der Waals surface area contributed by atoms with Gasteiger partial charge in [-0.1, -0.05) is 0 Å². The molecule has 1 aromatic heterocycles. The van der Waals surface area contributed by atoms with Gasteiger partial charge in [0.1, 0.15) is 5.56 Å². The number of halogens is 5. The van der Waals surface area contributed by atoms with Crippen LogP contribution in [0.2, 0.25) is 0 Å². The molecular formula is C7H4F5N3O5S. The molecule has 2 N–H and O–H groups in total. The van der Waals surface area contributed by atoms with E-state index in [9.17, 15) is 40.5 Å². The molecule has 1 rings (SSSR count). The van der Waals surface area contributed by atoms with Gasteiger partial charge in [0.25, 0.3) is 16.4 Å². The quantitative estimate of drug-likeness (QED) is 0.504. The minimum absolute atomic E-state index is 0.0305. The molecule has 1 aromatic rings. The number of hydrogen-bond acceptors (Lipinski definition) is 6. The van der Waals surface area contributed by atoms with Crippen molar-refractivity contribution in [1.29, 1.82) is 0 Å². The molecule has 0 spiro atoms. The normalized spacial score (nSPS) is 12.5. The van der Waals surface area contributed by atoms with Crippen LogP contribution < -0.4 is 9.88 Å². The van der Waals surface area contributed by atoms with Gasteiger partial charge in [0.2, 0.25) is 5.75 Å². The SMILES string of the molecule is NS(=O)(=O)c1ncc(OC(F)(F)F)c([N+](=O)[O-])c1C(F)F. The summed E-state index contributed by atoms with van der Waals surface area (Å²) in [4.78, 5) is 11.8. The van der Waals surface area contributed by atoms with E-state index in [4.69, 9.17) is 0 Å². The Morgan fingerprint density at radius 2 is 1.90 bits per heavy atom. The highest BCUT2D eigenvalue weighted by Crippen LogP contribution is 2.41. The topological polar surface area (TPSA) is 125 Å². The number of nitrogens with two attached hydrogens (primary N) is 1. The summed E-state index contributed by atoms with van der Waals surface area (Å²) in [5.41, 5.74) is -3.77. The molecule has 21 heavy (non-hydrogen) atoms. The number of aromatic nitrogens is 1. The second-order valence-electron chi connectivity index (χ2n) is 3.34. The van der Waals surface area contributed by atoms with Crippen LogP contribution in [0.1, 0.15) is 12.0 Å². The molecule has 0 fully saturated rings. The highest BCUT2D eigenvalue weighted by molar-refractivity contribution is 7.89. The number of pyridine rings is 1. The molecule has 0 amide bonds. The summed E-state index contributed by atoms with van der Waals surface area (Å²) in [5.74, 6) is -1.69. The first kappa shape index (κ1) is 17.0. The van der Waals surface area contributed by atoms with Crippen LogP contribution in [0, 0.1) is 10.1 Å². The van der Waals surface area contributed by atoms with Crippen molar-refractivity contribution in [2.24, 2.45) is 5.14 Å². The third-order valence-electron chi connectivity index (χ3n) is 1.91. The number of rotatable bonds is 4. The van der Waals surface area contributed by atoms with Crippen molar-refractivity contribution in [2.75, 3.05) is 0 Å². The zero-order chi connectivity index (χ0) is 16.6. The van der Waals surface area contributed by atoms with Crippen molar-refractivity contribution in [3.05, 3.63) is 21.9 Å². The van der Waals surface area contributed by atoms with E-state index < -0.39 is 49.8 Å². The van der Waals surface area contributed by atoms with E-state index in [-0.39, 0.29) is 6.20 Å².